The van der Waals surface area contributed by atoms with Crippen molar-refractivity contribution in [2.75, 3.05) is 0 Å². The fourth-order valence-corrected chi connectivity index (χ4v) is 1.54. The number of rotatable bonds is 2. The number of benzene rings is 1. The lowest BCUT2D eigenvalue weighted by Crippen LogP contribution is -1.86. The van der Waals surface area contributed by atoms with E-state index in [2.05, 4.69) is 65.0 Å². The van der Waals surface area contributed by atoms with Gasteiger partial charge in [0.1, 0.15) is 0 Å². The zero-order chi connectivity index (χ0) is 11.4. The Morgan fingerprint density at radius 1 is 1.00 bits per heavy atom. The van der Waals surface area contributed by atoms with Gasteiger partial charge < -0.3 is 0 Å². The Bertz CT molecular complexity index is 402. The Hall–Kier alpha value is -1.30. The van der Waals surface area contributed by atoms with Crippen LogP contribution >= 0.6 is 0 Å². The van der Waals surface area contributed by atoms with Crippen molar-refractivity contribution < 1.29 is 0 Å². The van der Waals surface area contributed by atoms with Crippen LogP contribution in [0.5, 0.6) is 0 Å². The first kappa shape index (κ1) is 11.8. The van der Waals surface area contributed by atoms with Gasteiger partial charge in [0.2, 0.25) is 0 Å². The molecule has 0 amide bonds. The summed E-state index contributed by atoms with van der Waals surface area (Å²) < 4.78 is 0. The predicted molar refractivity (Wildman–Crippen MR) is 69.0 cm³/mol. The molecule has 0 bridgehead atoms. The highest BCUT2D eigenvalue weighted by molar-refractivity contribution is 5.68. The third-order valence-corrected chi connectivity index (χ3v) is 2.48. The number of hydrogen-bond acceptors (Lipinski definition) is 0. The van der Waals surface area contributed by atoms with Gasteiger partial charge >= 0.3 is 0 Å². The zero-order valence-electron chi connectivity index (χ0n) is 10.4. The van der Waals surface area contributed by atoms with Crippen molar-refractivity contribution in [3.05, 3.63) is 52.6 Å². The van der Waals surface area contributed by atoms with Gasteiger partial charge in [-0.25, -0.2) is 0 Å². The standard InChI is InChI=1S/C15H20/c1-11(2)6-8-13(4)15-10-12(3)7-9-14(15)5/h6-10H,1-5H3/b13-8-. The van der Waals surface area contributed by atoms with Crippen LogP contribution in [0.25, 0.3) is 5.57 Å². The van der Waals surface area contributed by atoms with E-state index >= 15 is 0 Å². The van der Waals surface area contributed by atoms with Crippen LogP contribution < -0.4 is 0 Å². The van der Waals surface area contributed by atoms with Crippen molar-refractivity contribution in [3.63, 3.8) is 0 Å². The molecule has 0 heteroatoms. The molecule has 0 spiro atoms. The molecule has 0 aromatic heterocycles. The van der Waals surface area contributed by atoms with E-state index in [1.165, 1.54) is 27.8 Å². The second-order valence-electron chi connectivity index (χ2n) is 4.41. The molecule has 0 heterocycles. The maximum Gasteiger partial charge on any atom is -0.0195 e. The summed E-state index contributed by atoms with van der Waals surface area (Å²) >= 11 is 0. The van der Waals surface area contributed by atoms with Crippen LogP contribution in [-0.2, 0) is 0 Å². The summed E-state index contributed by atoms with van der Waals surface area (Å²) in [6.45, 7) is 10.7. The first-order valence-electron chi connectivity index (χ1n) is 5.40. The van der Waals surface area contributed by atoms with Gasteiger partial charge in [0.25, 0.3) is 0 Å². The summed E-state index contributed by atoms with van der Waals surface area (Å²) in [5, 5.41) is 0. The quantitative estimate of drug-likeness (QED) is 0.608. The van der Waals surface area contributed by atoms with E-state index in [-0.39, 0.29) is 0 Å². The van der Waals surface area contributed by atoms with Crippen LogP contribution in [0.15, 0.2) is 35.9 Å². The summed E-state index contributed by atoms with van der Waals surface area (Å²) in [6, 6.07) is 6.59. The van der Waals surface area contributed by atoms with Crippen molar-refractivity contribution >= 4 is 5.57 Å². The Balaban J connectivity index is 3.10. The van der Waals surface area contributed by atoms with Crippen LogP contribution in [0.3, 0.4) is 0 Å². The third kappa shape index (κ3) is 3.39. The number of aryl methyl sites for hydroxylation is 2. The fourth-order valence-electron chi connectivity index (χ4n) is 1.54. The molecule has 0 aliphatic rings. The molecule has 0 aliphatic carbocycles. The minimum absolute atomic E-state index is 1.32. The minimum Gasteiger partial charge on any atom is -0.0764 e. The summed E-state index contributed by atoms with van der Waals surface area (Å²) in [4.78, 5) is 0. The van der Waals surface area contributed by atoms with Crippen LogP contribution in [0.4, 0.5) is 0 Å². The van der Waals surface area contributed by atoms with Gasteiger partial charge in [-0.1, -0.05) is 41.5 Å². The molecule has 0 saturated carbocycles. The highest BCUT2D eigenvalue weighted by Gasteiger charge is 1.99. The molecule has 15 heavy (non-hydrogen) atoms. The molecule has 0 nitrogen and oxygen atoms in total. The smallest absolute Gasteiger partial charge is 0.0195 e. The van der Waals surface area contributed by atoms with Gasteiger partial charge in [-0.3, -0.25) is 0 Å². The number of allylic oxidation sites excluding steroid dienone is 4. The first-order chi connectivity index (χ1) is 7.00. The second kappa shape index (κ2) is 4.97. The molecule has 0 saturated heterocycles. The molecule has 80 valence electrons. The SMILES string of the molecule is CC(C)=C/C=C(/C)c1cc(C)ccc1C. The topological polar surface area (TPSA) is 0 Å². The average molecular weight is 200 g/mol. The summed E-state index contributed by atoms with van der Waals surface area (Å²) in [5.74, 6) is 0. The van der Waals surface area contributed by atoms with E-state index in [9.17, 15) is 0 Å². The molecule has 1 aromatic carbocycles. The van der Waals surface area contributed by atoms with Crippen LogP contribution in [0, 0.1) is 13.8 Å². The minimum atomic E-state index is 1.32. The van der Waals surface area contributed by atoms with Crippen molar-refractivity contribution in [2.45, 2.75) is 34.6 Å². The third-order valence-electron chi connectivity index (χ3n) is 2.48. The van der Waals surface area contributed by atoms with Crippen molar-refractivity contribution in [2.24, 2.45) is 0 Å². The van der Waals surface area contributed by atoms with Gasteiger partial charge in [0.05, 0.1) is 0 Å². The van der Waals surface area contributed by atoms with Gasteiger partial charge in [-0.2, -0.15) is 0 Å². The lowest BCUT2D eigenvalue weighted by atomic mass is 9.99. The van der Waals surface area contributed by atoms with Crippen molar-refractivity contribution in [1.82, 2.24) is 0 Å². The lowest BCUT2D eigenvalue weighted by Gasteiger charge is -2.06. The highest BCUT2D eigenvalue weighted by Crippen LogP contribution is 2.20. The molecule has 0 atom stereocenters. The Kier molecular flexibility index (Phi) is 3.90. The maximum absolute atomic E-state index is 2.25. The summed E-state index contributed by atoms with van der Waals surface area (Å²) in [7, 11) is 0. The number of hydrogen-bond donors (Lipinski definition) is 0. The van der Waals surface area contributed by atoms with Crippen LogP contribution in [-0.4, -0.2) is 0 Å². The van der Waals surface area contributed by atoms with E-state index < -0.39 is 0 Å². The molecule has 0 N–H and O–H groups in total. The van der Waals surface area contributed by atoms with E-state index in [4.69, 9.17) is 0 Å². The van der Waals surface area contributed by atoms with Gasteiger partial charge in [0.15, 0.2) is 0 Å². The normalized spacial score (nSPS) is 11.4. The van der Waals surface area contributed by atoms with Crippen molar-refractivity contribution in [3.8, 4) is 0 Å². The molecule has 0 unspecified atom stereocenters. The Labute approximate surface area is 93.3 Å². The Morgan fingerprint density at radius 2 is 1.67 bits per heavy atom. The molecule has 1 aromatic rings. The second-order valence-corrected chi connectivity index (χ2v) is 4.41. The average Bonchev–Trinajstić information content (AvgIpc) is 2.18. The molecule has 0 aliphatic heterocycles. The summed E-state index contributed by atoms with van der Waals surface area (Å²) in [5.41, 5.74) is 6.68. The van der Waals surface area contributed by atoms with E-state index in [1.807, 2.05) is 0 Å². The molecule has 1 rings (SSSR count). The largest absolute Gasteiger partial charge is 0.0764 e. The molecule has 0 fully saturated rings. The summed E-state index contributed by atoms with van der Waals surface area (Å²) in [6.07, 6.45) is 4.36. The zero-order valence-corrected chi connectivity index (χ0v) is 10.4. The van der Waals surface area contributed by atoms with Gasteiger partial charge in [-0.05, 0) is 51.3 Å². The van der Waals surface area contributed by atoms with Crippen LogP contribution in [0.2, 0.25) is 0 Å². The van der Waals surface area contributed by atoms with Gasteiger partial charge in [-0.15, -0.1) is 0 Å². The monoisotopic (exact) mass is 200 g/mol. The highest BCUT2D eigenvalue weighted by atomic mass is 14.0. The fraction of sp³-hybridized carbons (Fsp3) is 0.333. The van der Waals surface area contributed by atoms with E-state index in [1.54, 1.807) is 0 Å². The molecule has 0 radical (unpaired) electrons. The van der Waals surface area contributed by atoms with Crippen molar-refractivity contribution in [1.29, 1.82) is 0 Å². The van der Waals surface area contributed by atoms with E-state index in [0.29, 0.717) is 0 Å². The molecular weight excluding hydrogens is 180 g/mol. The van der Waals surface area contributed by atoms with Gasteiger partial charge in [0, 0.05) is 0 Å². The van der Waals surface area contributed by atoms with Crippen LogP contribution in [0.1, 0.15) is 37.5 Å². The first-order valence-corrected chi connectivity index (χ1v) is 5.40. The van der Waals surface area contributed by atoms with E-state index in [0.717, 1.165) is 0 Å². The lowest BCUT2D eigenvalue weighted by molar-refractivity contribution is 1.35. The Morgan fingerprint density at radius 3 is 2.27 bits per heavy atom. The predicted octanol–water partition coefficient (Wildman–Crippen LogP) is 4.67. The molecular formula is C15H20. The maximum atomic E-state index is 2.25.